The molecule has 0 fully saturated rings. The lowest BCUT2D eigenvalue weighted by Crippen LogP contribution is -2.23. The fourth-order valence-electron chi connectivity index (χ4n) is 2.26. The number of hydrogen-bond acceptors (Lipinski definition) is 3. The van der Waals surface area contributed by atoms with Crippen molar-refractivity contribution in [2.45, 2.75) is 19.9 Å². The molecule has 0 unspecified atom stereocenters. The Morgan fingerprint density at radius 2 is 1.86 bits per heavy atom. The fraction of sp³-hybridized carbons (Fsp3) is 0.294. The maximum absolute atomic E-state index is 5.77. The topological polar surface area (TPSA) is 38.5 Å². The highest BCUT2D eigenvalue weighted by Crippen LogP contribution is 2.26. The molecule has 0 heterocycles. The summed E-state index contributed by atoms with van der Waals surface area (Å²) in [4.78, 5) is 2.35. The summed E-state index contributed by atoms with van der Waals surface area (Å²) >= 11 is 3.62. The molecule has 0 atom stereocenters. The van der Waals surface area contributed by atoms with Crippen molar-refractivity contribution in [1.29, 1.82) is 0 Å². The Morgan fingerprint density at radius 1 is 1.14 bits per heavy atom. The van der Waals surface area contributed by atoms with E-state index in [1.807, 2.05) is 24.3 Å². The number of anilines is 2. The van der Waals surface area contributed by atoms with E-state index in [9.17, 15) is 0 Å². The molecule has 0 saturated carbocycles. The van der Waals surface area contributed by atoms with Crippen molar-refractivity contribution in [2.24, 2.45) is 0 Å². The van der Waals surface area contributed by atoms with Gasteiger partial charge in [-0.1, -0.05) is 22.9 Å². The summed E-state index contributed by atoms with van der Waals surface area (Å²) in [5.74, 6) is 0.877. The van der Waals surface area contributed by atoms with Crippen molar-refractivity contribution >= 4 is 27.3 Å². The minimum absolute atomic E-state index is 0.790. The molecule has 112 valence electrons. The predicted octanol–water partition coefficient (Wildman–Crippen LogP) is 4.46. The predicted molar refractivity (Wildman–Crippen MR) is 92.9 cm³/mol. The van der Waals surface area contributed by atoms with Crippen LogP contribution in [-0.4, -0.2) is 13.7 Å². The van der Waals surface area contributed by atoms with Gasteiger partial charge in [-0.3, -0.25) is 0 Å². The van der Waals surface area contributed by atoms with Gasteiger partial charge in [0.15, 0.2) is 0 Å². The van der Waals surface area contributed by atoms with Crippen molar-refractivity contribution in [2.75, 3.05) is 24.3 Å². The quantitative estimate of drug-likeness (QED) is 0.783. The zero-order valence-corrected chi connectivity index (χ0v) is 14.1. The van der Waals surface area contributed by atoms with Gasteiger partial charge in [0.1, 0.15) is 5.75 Å². The molecule has 2 rings (SSSR count). The van der Waals surface area contributed by atoms with E-state index >= 15 is 0 Å². The smallest absolute Gasteiger partial charge is 0.119 e. The average Bonchev–Trinajstić information content (AvgIpc) is 2.49. The van der Waals surface area contributed by atoms with Crippen molar-refractivity contribution in [1.82, 2.24) is 0 Å². The number of halogens is 1. The van der Waals surface area contributed by atoms with Crippen LogP contribution in [0.15, 0.2) is 46.9 Å². The van der Waals surface area contributed by atoms with Gasteiger partial charge in [0.05, 0.1) is 7.11 Å². The van der Waals surface area contributed by atoms with Gasteiger partial charge in [0.2, 0.25) is 0 Å². The van der Waals surface area contributed by atoms with Gasteiger partial charge in [0, 0.05) is 28.9 Å². The van der Waals surface area contributed by atoms with Gasteiger partial charge < -0.3 is 15.4 Å². The Balaban J connectivity index is 2.25. The second-order valence-electron chi connectivity index (χ2n) is 4.97. The van der Waals surface area contributed by atoms with Crippen LogP contribution in [0.25, 0.3) is 0 Å². The van der Waals surface area contributed by atoms with E-state index in [2.05, 4.69) is 46.0 Å². The van der Waals surface area contributed by atoms with E-state index in [0.29, 0.717) is 0 Å². The van der Waals surface area contributed by atoms with Crippen LogP contribution < -0.4 is 15.4 Å². The van der Waals surface area contributed by atoms with Gasteiger partial charge in [-0.05, 0) is 54.4 Å². The summed E-state index contributed by atoms with van der Waals surface area (Å²) in [6.07, 6.45) is 1.09. The largest absolute Gasteiger partial charge is 0.497 e. The third-order valence-electron chi connectivity index (χ3n) is 3.37. The Kier molecular flexibility index (Phi) is 5.51. The molecule has 0 aliphatic rings. The van der Waals surface area contributed by atoms with E-state index in [-0.39, 0.29) is 0 Å². The standard InChI is InChI=1S/C17H21BrN2O/c1-3-10-20(15-6-4-14(19)5-7-15)12-13-11-16(21-2)8-9-17(13)18/h4-9,11H,3,10,12,19H2,1-2H3. The summed E-state index contributed by atoms with van der Waals surface area (Å²) < 4.78 is 6.41. The summed E-state index contributed by atoms with van der Waals surface area (Å²) in [5, 5.41) is 0. The van der Waals surface area contributed by atoms with Crippen LogP contribution in [0.5, 0.6) is 5.75 Å². The number of nitrogens with zero attached hydrogens (tertiary/aromatic N) is 1. The average molecular weight is 349 g/mol. The highest BCUT2D eigenvalue weighted by molar-refractivity contribution is 9.10. The summed E-state index contributed by atoms with van der Waals surface area (Å²) in [7, 11) is 1.69. The number of methoxy groups -OCH3 is 1. The van der Waals surface area contributed by atoms with Crippen LogP contribution in [0.3, 0.4) is 0 Å². The molecule has 4 heteroatoms. The second kappa shape index (κ2) is 7.36. The Hall–Kier alpha value is -1.68. The van der Waals surface area contributed by atoms with E-state index in [1.165, 1.54) is 11.3 Å². The van der Waals surface area contributed by atoms with E-state index in [0.717, 1.165) is 35.4 Å². The lowest BCUT2D eigenvalue weighted by molar-refractivity contribution is 0.414. The lowest BCUT2D eigenvalue weighted by atomic mass is 10.1. The molecule has 0 bridgehead atoms. The van der Waals surface area contributed by atoms with Gasteiger partial charge in [-0.25, -0.2) is 0 Å². The summed E-state index contributed by atoms with van der Waals surface area (Å²) in [5.41, 5.74) is 8.95. The first kappa shape index (κ1) is 15.7. The van der Waals surface area contributed by atoms with Crippen molar-refractivity contribution in [3.8, 4) is 5.75 Å². The molecular formula is C17H21BrN2O. The Morgan fingerprint density at radius 3 is 2.48 bits per heavy atom. The van der Waals surface area contributed by atoms with E-state index < -0.39 is 0 Å². The van der Waals surface area contributed by atoms with E-state index in [1.54, 1.807) is 7.11 Å². The monoisotopic (exact) mass is 348 g/mol. The third-order valence-corrected chi connectivity index (χ3v) is 4.14. The van der Waals surface area contributed by atoms with Crippen molar-refractivity contribution < 1.29 is 4.74 Å². The molecule has 21 heavy (non-hydrogen) atoms. The molecule has 0 amide bonds. The SMILES string of the molecule is CCCN(Cc1cc(OC)ccc1Br)c1ccc(N)cc1. The molecule has 0 radical (unpaired) electrons. The normalized spacial score (nSPS) is 10.4. The lowest BCUT2D eigenvalue weighted by Gasteiger charge is -2.25. The molecule has 0 saturated heterocycles. The van der Waals surface area contributed by atoms with Gasteiger partial charge in [0.25, 0.3) is 0 Å². The molecule has 2 aromatic carbocycles. The van der Waals surface area contributed by atoms with Crippen LogP contribution >= 0.6 is 15.9 Å². The molecule has 0 aliphatic heterocycles. The number of nitrogens with two attached hydrogens (primary N) is 1. The zero-order valence-electron chi connectivity index (χ0n) is 12.5. The van der Waals surface area contributed by atoms with Gasteiger partial charge in [-0.15, -0.1) is 0 Å². The van der Waals surface area contributed by atoms with Gasteiger partial charge in [-0.2, -0.15) is 0 Å². The highest BCUT2D eigenvalue weighted by atomic mass is 79.9. The van der Waals surface area contributed by atoms with Crippen LogP contribution in [0, 0.1) is 0 Å². The summed E-state index contributed by atoms with van der Waals surface area (Å²) in [6, 6.07) is 14.1. The molecule has 0 aromatic heterocycles. The molecule has 3 nitrogen and oxygen atoms in total. The molecule has 0 spiro atoms. The van der Waals surface area contributed by atoms with Crippen molar-refractivity contribution in [3.05, 3.63) is 52.5 Å². The minimum atomic E-state index is 0.790. The maximum Gasteiger partial charge on any atom is 0.119 e. The second-order valence-corrected chi connectivity index (χ2v) is 5.82. The van der Waals surface area contributed by atoms with Crippen LogP contribution in [0.4, 0.5) is 11.4 Å². The number of ether oxygens (including phenoxy) is 1. The fourth-order valence-corrected chi connectivity index (χ4v) is 2.63. The highest BCUT2D eigenvalue weighted by Gasteiger charge is 2.10. The maximum atomic E-state index is 5.77. The number of hydrogen-bond donors (Lipinski definition) is 1. The van der Waals surface area contributed by atoms with Gasteiger partial charge >= 0.3 is 0 Å². The first-order valence-corrected chi connectivity index (χ1v) is 7.86. The van der Waals surface area contributed by atoms with E-state index in [4.69, 9.17) is 10.5 Å². The third kappa shape index (κ3) is 4.14. The zero-order chi connectivity index (χ0) is 15.2. The Labute approximate surface area is 134 Å². The molecule has 2 aromatic rings. The molecule has 0 aliphatic carbocycles. The Bertz CT molecular complexity index is 584. The molecule has 2 N–H and O–H groups in total. The first-order chi connectivity index (χ1) is 10.1. The van der Waals surface area contributed by atoms with Crippen LogP contribution in [-0.2, 0) is 6.54 Å². The van der Waals surface area contributed by atoms with Crippen LogP contribution in [0.2, 0.25) is 0 Å². The van der Waals surface area contributed by atoms with Crippen LogP contribution in [0.1, 0.15) is 18.9 Å². The number of rotatable bonds is 6. The number of benzene rings is 2. The minimum Gasteiger partial charge on any atom is -0.497 e. The number of nitrogen functional groups attached to an aromatic ring is 1. The molecular weight excluding hydrogens is 328 g/mol. The summed E-state index contributed by atoms with van der Waals surface area (Å²) in [6.45, 7) is 4.01. The van der Waals surface area contributed by atoms with Crippen molar-refractivity contribution in [3.63, 3.8) is 0 Å². The first-order valence-electron chi connectivity index (χ1n) is 7.07.